The molecule has 2 heterocycles. The summed E-state index contributed by atoms with van der Waals surface area (Å²) in [6, 6.07) is 8.45. The Hall–Kier alpha value is -2.19. The van der Waals surface area contributed by atoms with Crippen molar-refractivity contribution in [3.8, 4) is 0 Å². The lowest BCUT2D eigenvalue weighted by atomic mass is 9.78. The zero-order valence-corrected chi connectivity index (χ0v) is 19.4. The largest absolute Gasteiger partial charge is 0.369 e. The third-order valence-corrected chi connectivity index (χ3v) is 8.60. The summed E-state index contributed by atoms with van der Waals surface area (Å²) in [7, 11) is 0. The van der Waals surface area contributed by atoms with Crippen LogP contribution >= 0.6 is 11.5 Å². The number of benzene rings is 1. The molecule has 7 nitrogen and oxygen atoms in total. The molecule has 8 heteroatoms. The van der Waals surface area contributed by atoms with Gasteiger partial charge in [0, 0.05) is 38.1 Å². The molecule has 3 aliphatic rings. The Labute approximate surface area is 193 Å². The molecule has 2 bridgehead atoms. The number of hydrogen-bond acceptors (Lipinski definition) is 6. The summed E-state index contributed by atoms with van der Waals surface area (Å²) < 4.78 is 5.94. The van der Waals surface area contributed by atoms with Crippen LogP contribution in [0.1, 0.15) is 32.1 Å². The number of carbonyl (C=O) groups excluding carboxylic acids is 2. The van der Waals surface area contributed by atoms with Crippen LogP contribution in [0.15, 0.2) is 24.3 Å². The zero-order valence-electron chi connectivity index (χ0n) is 18.5. The van der Waals surface area contributed by atoms with Crippen LogP contribution in [0.3, 0.4) is 0 Å². The van der Waals surface area contributed by atoms with Crippen LogP contribution in [0.4, 0.5) is 5.82 Å². The van der Waals surface area contributed by atoms with E-state index in [9.17, 15) is 9.59 Å². The summed E-state index contributed by atoms with van der Waals surface area (Å²) in [5, 5.41) is 4.35. The molecule has 0 spiro atoms. The summed E-state index contributed by atoms with van der Waals surface area (Å²) in [5.74, 6) is 1.12. The normalized spacial score (nSPS) is 27.8. The van der Waals surface area contributed by atoms with Gasteiger partial charge in [0.2, 0.25) is 11.8 Å². The van der Waals surface area contributed by atoms with Gasteiger partial charge in [-0.3, -0.25) is 14.5 Å². The van der Waals surface area contributed by atoms with Crippen LogP contribution in [-0.4, -0.2) is 60.4 Å². The Morgan fingerprint density at radius 3 is 2.59 bits per heavy atom. The van der Waals surface area contributed by atoms with E-state index in [1.165, 1.54) is 10.1 Å². The molecule has 172 valence electrons. The number of nitrogens with two attached hydrogens (primary N) is 1. The van der Waals surface area contributed by atoms with Crippen molar-refractivity contribution in [1.29, 1.82) is 0 Å². The van der Waals surface area contributed by atoms with E-state index in [2.05, 4.69) is 43.8 Å². The van der Waals surface area contributed by atoms with Gasteiger partial charge in [-0.15, -0.1) is 0 Å². The van der Waals surface area contributed by atoms with Gasteiger partial charge in [-0.25, -0.2) is 0 Å². The number of nitrogens with one attached hydrogen (secondary N) is 1. The molecule has 4 atom stereocenters. The van der Waals surface area contributed by atoms with E-state index in [0.29, 0.717) is 18.4 Å². The van der Waals surface area contributed by atoms with E-state index in [1.807, 2.05) is 0 Å². The fraction of sp³-hybridized carbons (Fsp3) is 0.625. The van der Waals surface area contributed by atoms with Gasteiger partial charge in [0.1, 0.15) is 5.82 Å². The van der Waals surface area contributed by atoms with Gasteiger partial charge >= 0.3 is 0 Å². The van der Waals surface area contributed by atoms with Gasteiger partial charge in [0.25, 0.3) is 0 Å². The molecule has 4 unspecified atom stereocenters. The number of fused-ring (bicyclic) bond motifs is 3. The van der Waals surface area contributed by atoms with E-state index in [1.54, 1.807) is 11.5 Å². The molecule has 0 radical (unpaired) electrons. The van der Waals surface area contributed by atoms with Crippen LogP contribution in [0.25, 0.3) is 10.1 Å². The maximum absolute atomic E-state index is 12.7. The first-order valence-electron chi connectivity index (χ1n) is 12.0. The first-order chi connectivity index (χ1) is 15.6. The zero-order chi connectivity index (χ0) is 22.1. The van der Waals surface area contributed by atoms with Crippen LogP contribution in [-0.2, 0) is 9.59 Å². The lowest BCUT2D eigenvalue weighted by Crippen LogP contribution is -2.47. The number of primary amides is 1. The Morgan fingerprint density at radius 2 is 1.81 bits per heavy atom. The predicted octanol–water partition coefficient (Wildman–Crippen LogP) is 2.46. The quantitative estimate of drug-likeness (QED) is 0.597. The minimum absolute atomic E-state index is 0.0464. The minimum atomic E-state index is -0.290. The number of carbonyl (C=O) groups is 2. The van der Waals surface area contributed by atoms with Crippen molar-refractivity contribution in [2.24, 2.45) is 29.4 Å². The number of amides is 2. The van der Waals surface area contributed by atoms with Gasteiger partial charge < -0.3 is 16.0 Å². The number of piperazine rings is 1. The number of nitrogens with zero attached hydrogens (tertiary/aromatic N) is 3. The van der Waals surface area contributed by atoms with Crippen molar-refractivity contribution < 1.29 is 9.59 Å². The Morgan fingerprint density at radius 1 is 1.06 bits per heavy atom. The van der Waals surface area contributed by atoms with Gasteiger partial charge in [0.05, 0.1) is 16.5 Å². The third kappa shape index (κ3) is 4.22. The Bertz CT molecular complexity index is 970. The van der Waals surface area contributed by atoms with Crippen molar-refractivity contribution in [3.05, 3.63) is 24.3 Å². The first kappa shape index (κ1) is 21.6. The SMILES string of the molecule is NC(=O)C1C2CCC(C2)C1C(=O)NCCCCN1CCN(c2nsc3ccccc23)CC1. The van der Waals surface area contributed by atoms with Crippen LogP contribution < -0.4 is 16.0 Å². The average molecular weight is 456 g/mol. The molecule has 2 amide bonds. The van der Waals surface area contributed by atoms with Crippen molar-refractivity contribution >= 4 is 39.3 Å². The monoisotopic (exact) mass is 455 g/mol. The smallest absolute Gasteiger partial charge is 0.224 e. The summed E-state index contributed by atoms with van der Waals surface area (Å²) in [6.07, 6.45) is 5.14. The van der Waals surface area contributed by atoms with E-state index >= 15 is 0 Å². The van der Waals surface area contributed by atoms with Crippen LogP contribution in [0.5, 0.6) is 0 Å². The third-order valence-electron chi connectivity index (χ3n) is 7.78. The highest BCUT2D eigenvalue weighted by molar-refractivity contribution is 7.13. The molecular weight excluding hydrogens is 422 g/mol. The summed E-state index contributed by atoms with van der Waals surface area (Å²) in [5.41, 5.74) is 5.61. The van der Waals surface area contributed by atoms with Crippen LogP contribution in [0.2, 0.25) is 0 Å². The Balaban J connectivity index is 1.02. The van der Waals surface area contributed by atoms with E-state index in [4.69, 9.17) is 5.73 Å². The molecule has 1 aromatic heterocycles. The second-order valence-electron chi connectivity index (χ2n) is 9.62. The van der Waals surface area contributed by atoms with E-state index in [-0.39, 0.29) is 23.7 Å². The van der Waals surface area contributed by atoms with Crippen molar-refractivity contribution in [3.63, 3.8) is 0 Å². The van der Waals surface area contributed by atoms with Crippen molar-refractivity contribution in [2.75, 3.05) is 44.2 Å². The number of anilines is 1. The highest BCUT2D eigenvalue weighted by Gasteiger charge is 2.53. The highest BCUT2D eigenvalue weighted by Crippen LogP contribution is 2.52. The van der Waals surface area contributed by atoms with Gasteiger partial charge in [0.15, 0.2) is 0 Å². The summed E-state index contributed by atoms with van der Waals surface area (Å²) in [6.45, 7) is 5.84. The van der Waals surface area contributed by atoms with Gasteiger partial charge in [-0.2, -0.15) is 4.37 Å². The molecule has 1 aromatic carbocycles. The molecule has 3 fully saturated rings. The van der Waals surface area contributed by atoms with Gasteiger partial charge in [-0.05, 0) is 74.1 Å². The number of rotatable bonds is 8. The second kappa shape index (κ2) is 9.35. The van der Waals surface area contributed by atoms with Gasteiger partial charge in [-0.1, -0.05) is 12.1 Å². The molecule has 2 aliphatic carbocycles. The fourth-order valence-corrected chi connectivity index (χ4v) is 6.95. The highest BCUT2D eigenvalue weighted by atomic mass is 32.1. The molecule has 5 rings (SSSR count). The maximum atomic E-state index is 12.7. The van der Waals surface area contributed by atoms with Crippen molar-refractivity contribution in [1.82, 2.24) is 14.6 Å². The topological polar surface area (TPSA) is 91.6 Å². The Kier molecular flexibility index (Phi) is 6.33. The van der Waals surface area contributed by atoms with Crippen molar-refractivity contribution in [2.45, 2.75) is 32.1 Å². The molecule has 32 heavy (non-hydrogen) atoms. The standard InChI is InChI=1S/C24H33N5O2S/c25-22(30)20-16-7-8-17(15-16)21(20)24(31)26-9-3-4-10-28-11-13-29(14-12-28)23-18-5-1-2-6-19(18)32-27-23/h1-2,5-6,16-17,20-21H,3-4,7-15H2,(H2,25,30)(H,26,31). The minimum Gasteiger partial charge on any atom is -0.369 e. The lowest BCUT2D eigenvalue weighted by Gasteiger charge is -2.35. The number of hydrogen-bond donors (Lipinski definition) is 2. The fourth-order valence-electron chi connectivity index (χ4n) is 6.15. The summed E-state index contributed by atoms with van der Waals surface area (Å²) in [4.78, 5) is 29.5. The van der Waals surface area contributed by atoms with E-state index < -0.39 is 0 Å². The lowest BCUT2D eigenvalue weighted by molar-refractivity contribution is -0.135. The number of unbranched alkanes of at least 4 members (excludes halogenated alkanes) is 1. The molecule has 2 saturated carbocycles. The molecular formula is C24H33N5O2S. The molecule has 3 N–H and O–H groups in total. The summed E-state index contributed by atoms with van der Waals surface area (Å²) >= 11 is 1.58. The first-order valence-corrected chi connectivity index (χ1v) is 12.8. The maximum Gasteiger partial charge on any atom is 0.224 e. The molecule has 2 aromatic rings. The van der Waals surface area contributed by atoms with E-state index in [0.717, 1.165) is 70.6 Å². The predicted molar refractivity (Wildman–Crippen MR) is 128 cm³/mol. The molecule has 1 aliphatic heterocycles. The second-order valence-corrected chi connectivity index (χ2v) is 10.4. The number of aromatic nitrogens is 1. The average Bonchev–Trinajstić information content (AvgIpc) is 3.53. The van der Waals surface area contributed by atoms with Crippen LogP contribution in [0, 0.1) is 23.7 Å². The molecule has 1 saturated heterocycles.